The van der Waals surface area contributed by atoms with Crippen molar-refractivity contribution in [2.24, 2.45) is 17.0 Å². The molecule has 2 aromatic rings. The Bertz CT molecular complexity index is 1120. The third-order valence-corrected chi connectivity index (χ3v) is 7.66. The van der Waals surface area contributed by atoms with Gasteiger partial charge in [0.25, 0.3) is 0 Å². The fraction of sp³-hybridized carbons (Fsp3) is 0.458. The van der Waals surface area contributed by atoms with Crippen molar-refractivity contribution in [1.82, 2.24) is 4.90 Å². The summed E-state index contributed by atoms with van der Waals surface area (Å²) in [5.41, 5.74) is 1.45. The van der Waals surface area contributed by atoms with Crippen molar-refractivity contribution in [3.63, 3.8) is 0 Å². The average molecular weight is 474 g/mol. The van der Waals surface area contributed by atoms with Crippen molar-refractivity contribution in [2.45, 2.75) is 50.6 Å². The molecule has 0 saturated heterocycles. The zero-order valence-electron chi connectivity index (χ0n) is 19.0. The number of hydrogen-bond acceptors (Lipinski definition) is 6. The highest BCUT2D eigenvalue weighted by Crippen LogP contribution is 2.36. The molecule has 0 aromatic heterocycles. The van der Waals surface area contributed by atoms with Crippen molar-refractivity contribution in [1.29, 1.82) is 0 Å². The smallest absolute Gasteiger partial charge is 0.238 e. The number of primary sulfonamides is 1. The Balaban J connectivity index is 1.52. The Morgan fingerprint density at radius 3 is 2.70 bits per heavy atom. The number of rotatable bonds is 7. The van der Waals surface area contributed by atoms with E-state index >= 15 is 0 Å². The van der Waals surface area contributed by atoms with Crippen molar-refractivity contribution in [2.75, 3.05) is 18.7 Å². The molecule has 33 heavy (non-hydrogen) atoms. The highest BCUT2D eigenvalue weighted by molar-refractivity contribution is 7.89. The van der Waals surface area contributed by atoms with Gasteiger partial charge in [-0.05, 0) is 54.2 Å². The third kappa shape index (κ3) is 5.66. The molecule has 2 aliphatic rings. The summed E-state index contributed by atoms with van der Waals surface area (Å²) in [4.78, 5) is 15.2. The molecule has 9 heteroatoms. The van der Waals surface area contributed by atoms with Gasteiger partial charge in [0.1, 0.15) is 0 Å². The predicted octanol–water partition coefficient (Wildman–Crippen LogP) is 3.33. The molecular formula is C24H31N3O5S. The van der Waals surface area contributed by atoms with Crippen molar-refractivity contribution in [3.05, 3.63) is 48.0 Å². The van der Waals surface area contributed by atoms with E-state index in [9.17, 15) is 13.2 Å². The number of benzene rings is 2. The van der Waals surface area contributed by atoms with Gasteiger partial charge in [0.2, 0.25) is 22.7 Å². The van der Waals surface area contributed by atoms with Gasteiger partial charge in [0, 0.05) is 18.3 Å². The molecule has 4 rings (SSSR count). The van der Waals surface area contributed by atoms with E-state index in [4.69, 9.17) is 14.6 Å². The van der Waals surface area contributed by atoms with Gasteiger partial charge in [-0.15, -0.1) is 0 Å². The van der Waals surface area contributed by atoms with Crippen LogP contribution in [0.1, 0.15) is 38.7 Å². The van der Waals surface area contributed by atoms with Crippen LogP contribution in [0.3, 0.4) is 0 Å². The summed E-state index contributed by atoms with van der Waals surface area (Å²) in [6.07, 6.45) is 3.36. The molecule has 1 amide bonds. The highest BCUT2D eigenvalue weighted by Gasteiger charge is 2.32. The van der Waals surface area contributed by atoms with Crippen LogP contribution in [0.2, 0.25) is 0 Å². The second-order valence-electron chi connectivity index (χ2n) is 9.05. The molecule has 0 bridgehead atoms. The first kappa shape index (κ1) is 23.5. The molecule has 0 spiro atoms. The van der Waals surface area contributed by atoms with Crippen LogP contribution >= 0.6 is 0 Å². The van der Waals surface area contributed by atoms with Gasteiger partial charge in [-0.1, -0.05) is 38.8 Å². The normalized spacial score (nSPS) is 22.4. The second-order valence-corrected chi connectivity index (χ2v) is 10.6. The summed E-state index contributed by atoms with van der Waals surface area (Å²) >= 11 is 0. The van der Waals surface area contributed by atoms with Crippen molar-refractivity contribution in [3.8, 4) is 11.5 Å². The summed E-state index contributed by atoms with van der Waals surface area (Å²) in [6.45, 7) is 5.54. The lowest BCUT2D eigenvalue weighted by Gasteiger charge is -2.41. The molecular weight excluding hydrogens is 442 g/mol. The number of amides is 1. The Morgan fingerprint density at radius 2 is 1.91 bits per heavy atom. The predicted molar refractivity (Wildman–Crippen MR) is 125 cm³/mol. The van der Waals surface area contributed by atoms with E-state index in [1.807, 2.05) is 18.2 Å². The van der Waals surface area contributed by atoms with Gasteiger partial charge in [-0.3, -0.25) is 9.69 Å². The van der Waals surface area contributed by atoms with Gasteiger partial charge in [-0.25, -0.2) is 13.6 Å². The van der Waals surface area contributed by atoms with E-state index < -0.39 is 10.0 Å². The van der Waals surface area contributed by atoms with E-state index in [0.717, 1.165) is 29.9 Å². The molecule has 3 atom stereocenters. The van der Waals surface area contributed by atoms with Crippen LogP contribution in [0.5, 0.6) is 11.5 Å². The van der Waals surface area contributed by atoms with Gasteiger partial charge in [-0.2, -0.15) is 0 Å². The topological polar surface area (TPSA) is 111 Å². The average Bonchev–Trinajstić information content (AvgIpc) is 3.23. The second kappa shape index (κ2) is 9.70. The van der Waals surface area contributed by atoms with Crippen LogP contribution in [0, 0.1) is 11.8 Å². The van der Waals surface area contributed by atoms with Gasteiger partial charge in [0.05, 0.1) is 11.4 Å². The number of hydrogen-bond donors (Lipinski definition) is 2. The number of nitrogens with one attached hydrogen (secondary N) is 1. The lowest BCUT2D eigenvalue weighted by molar-refractivity contribution is -0.118. The number of ether oxygens (including phenoxy) is 2. The summed E-state index contributed by atoms with van der Waals surface area (Å²) in [7, 11) is -3.84. The molecule has 3 N–H and O–H groups in total. The summed E-state index contributed by atoms with van der Waals surface area (Å²) in [5, 5.41) is 8.05. The SMILES string of the molecule is CC1CCCC(N(CC(=O)Nc2cccc(S(N)(=O)=O)c2)Cc2ccc3c(c2)OCO3)C1C. The first-order chi connectivity index (χ1) is 15.7. The fourth-order valence-electron chi connectivity index (χ4n) is 4.77. The molecule has 3 unspecified atom stereocenters. The molecule has 1 aliphatic heterocycles. The highest BCUT2D eigenvalue weighted by atomic mass is 32.2. The molecule has 1 heterocycles. The Kier molecular flexibility index (Phi) is 6.92. The third-order valence-electron chi connectivity index (χ3n) is 6.75. The van der Waals surface area contributed by atoms with Crippen LogP contribution in [-0.4, -0.2) is 38.6 Å². The van der Waals surface area contributed by atoms with Gasteiger partial charge >= 0.3 is 0 Å². The van der Waals surface area contributed by atoms with Crippen LogP contribution in [0.15, 0.2) is 47.4 Å². The van der Waals surface area contributed by atoms with Gasteiger partial charge < -0.3 is 14.8 Å². The molecule has 178 valence electrons. The lowest BCUT2D eigenvalue weighted by atomic mass is 9.77. The standard InChI is InChI=1S/C24H31N3O5S/c1-16-5-3-8-21(17(16)2)27(13-18-9-10-22-23(11-18)32-15-31-22)14-24(28)26-19-6-4-7-20(12-19)33(25,29)30/h4,6-7,9-12,16-17,21H,3,5,8,13-15H2,1-2H3,(H,26,28)(H2,25,29,30). The van der Waals surface area contributed by atoms with E-state index in [2.05, 4.69) is 24.1 Å². The van der Waals surface area contributed by atoms with E-state index in [0.29, 0.717) is 24.1 Å². The zero-order chi connectivity index (χ0) is 23.6. The Hall–Kier alpha value is -2.62. The quantitative estimate of drug-likeness (QED) is 0.638. The minimum Gasteiger partial charge on any atom is -0.454 e. The maximum Gasteiger partial charge on any atom is 0.238 e. The minimum atomic E-state index is -3.84. The number of anilines is 1. The molecule has 0 radical (unpaired) electrons. The van der Waals surface area contributed by atoms with Crippen LogP contribution in [-0.2, 0) is 21.4 Å². The Labute approximate surface area is 195 Å². The number of carbonyl (C=O) groups is 1. The number of sulfonamides is 1. The minimum absolute atomic E-state index is 0.0350. The van der Waals surface area contributed by atoms with E-state index in [1.54, 1.807) is 12.1 Å². The number of nitrogens with two attached hydrogens (primary N) is 1. The number of carbonyl (C=O) groups excluding carboxylic acids is 1. The van der Waals surface area contributed by atoms with Crippen LogP contribution < -0.4 is 19.9 Å². The van der Waals surface area contributed by atoms with Crippen molar-refractivity contribution < 1.29 is 22.7 Å². The maximum atomic E-state index is 13.0. The van der Waals surface area contributed by atoms with E-state index in [-0.39, 0.29) is 30.2 Å². The lowest BCUT2D eigenvalue weighted by Crippen LogP contribution is -2.46. The first-order valence-corrected chi connectivity index (χ1v) is 12.8. The first-order valence-electron chi connectivity index (χ1n) is 11.3. The molecule has 1 aliphatic carbocycles. The van der Waals surface area contributed by atoms with Crippen LogP contribution in [0.25, 0.3) is 0 Å². The molecule has 1 saturated carbocycles. The summed E-state index contributed by atoms with van der Waals surface area (Å²) in [6, 6.07) is 12.1. The Morgan fingerprint density at radius 1 is 1.12 bits per heavy atom. The largest absolute Gasteiger partial charge is 0.454 e. The molecule has 8 nitrogen and oxygen atoms in total. The van der Waals surface area contributed by atoms with Crippen molar-refractivity contribution >= 4 is 21.6 Å². The molecule has 1 fully saturated rings. The van der Waals surface area contributed by atoms with Gasteiger partial charge in [0.15, 0.2) is 11.5 Å². The zero-order valence-corrected chi connectivity index (χ0v) is 19.8. The summed E-state index contributed by atoms with van der Waals surface area (Å²) in [5.74, 6) is 2.29. The fourth-order valence-corrected chi connectivity index (χ4v) is 5.33. The monoisotopic (exact) mass is 473 g/mol. The maximum absolute atomic E-state index is 13.0. The number of fused-ring (bicyclic) bond motifs is 1. The van der Waals surface area contributed by atoms with Crippen LogP contribution in [0.4, 0.5) is 5.69 Å². The molecule has 2 aromatic carbocycles. The summed E-state index contributed by atoms with van der Waals surface area (Å²) < 4.78 is 34.2. The van der Waals surface area contributed by atoms with E-state index in [1.165, 1.54) is 18.6 Å². The number of nitrogens with zero attached hydrogens (tertiary/aromatic N) is 1.